The minimum atomic E-state index is -4.72. The first-order valence-electron chi connectivity index (χ1n) is 12.4. The highest BCUT2D eigenvalue weighted by Crippen LogP contribution is 2.33. The van der Waals surface area contributed by atoms with Crippen molar-refractivity contribution < 1.29 is 45.7 Å². The fourth-order valence-corrected chi connectivity index (χ4v) is 4.41. The molecule has 3 aromatic rings. The van der Waals surface area contributed by atoms with Gasteiger partial charge >= 0.3 is 12.1 Å². The van der Waals surface area contributed by atoms with Crippen LogP contribution >= 0.6 is 0 Å². The van der Waals surface area contributed by atoms with Gasteiger partial charge in [0.15, 0.2) is 12.2 Å². The van der Waals surface area contributed by atoms with E-state index in [9.17, 15) is 36.4 Å². The van der Waals surface area contributed by atoms with Gasteiger partial charge in [0.05, 0.1) is 27.8 Å². The first-order chi connectivity index (χ1) is 19.7. The highest BCUT2D eigenvalue weighted by molar-refractivity contribution is 7.90. The van der Waals surface area contributed by atoms with Gasteiger partial charge in [0.2, 0.25) is 5.28 Å². The quantitative estimate of drug-likeness (QED) is 0.0804. The van der Waals surface area contributed by atoms with E-state index in [1.165, 1.54) is 19.1 Å². The molecule has 0 fully saturated rings. The molecule has 0 aliphatic heterocycles. The highest BCUT2D eigenvalue weighted by atomic mass is 32.2. The Balaban J connectivity index is 1.75. The van der Waals surface area contributed by atoms with Crippen LogP contribution in [-0.4, -0.2) is 59.9 Å². The van der Waals surface area contributed by atoms with Gasteiger partial charge in [0, 0.05) is 12.0 Å². The van der Waals surface area contributed by atoms with Gasteiger partial charge in [-0.3, -0.25) is 9.59 Å². The van der Waals surface area contributed by atoms with Crippen LogP contribution in [0.1, 0.15) is 31.5 Å². The predicted molar refractivity (Wildman–Crippen MR) is 140 cm³/mol. The van der Waals surface area contributed by atoms with Crippen molar-refractivity contribution in [1.29, 1.82) is 0 Å². The van der Waals surface area contributed by atoms with Gasteiger partial charge in [-0.1, -0.05) is 36.8 Å². The van der Waals surface area contributed by atoms with Gasteiger partial charge in [-0.05, 0) is 44.2 Å². The summed E-state index contributed by atoms with van der Waals surface area (Å²) in [6.07, 6.45) is -4.63. The summed E-state index contributed by atoms with van der Waals surface area (Å²) in [6.45, 7) is 3.43. The van der Waals surface area contributed by atoms with E-state index in [4.69, 9.17) is 0 Å². The summed E-state index contributed by atoms with van der Waals surface area (Å²) in [6, 6.07) is 12.3. The molecule has 0 radical (unpaired) electrons. The molecule has 1 N–H and O–H groups in total. The second-order valence-electron chi connectivity index (χ2n) is 8.65. The van der Waals surface area contributed by atoms with Crippen LogP contribution in [-0.2, 0) is 35.4 Å². The molecule has 0 aliphatic rings. The number of hydrogen-bond donors (Lipinski definition) is 1. The molecular weight excluding hydrogens is 585 g/mol. The zero-order valence-electron chi connectivity index (χ0n) is 22.7. The molecule has 2 aromatic carbocycles. The van der Waals surface area contributed by atoms with E-state index in [0.717, 1.165) is 33.5 Å². The van der Waals surface area contributed by atoms with E-state index in [1.807, 2.05) is 11.6 Å². The Labute approximate surface area is 238 Å². The number of carbonyl (C=O) groups is 2. The Bertz CT molecular complexity index is 1540. The zero-order chi connectivity index (χ0) is 31.1. The Morgan fingerprint density at radius 1 is 1.12 bits per heavy atom. The zero-order valence-corrected chi connectivity index (χ0v) is 23.5. The molecule has 0 unspecified atom stereocenters. The number of nitrogens with zero attached hydrogens (tertiary/aromatic N) is 5. The van der Waals surface area contributed by atoms with Gasteiger partial charge in [-0.2, -0.15) is 18.3 Å². The highest BCUT2D eigenvalue weighted by Gasteiger charge is 2.35. The summed E-state index contributed by atoms with van der Waals surface area (Å²) < 4.78 is 73.4. The average molecular weight is 613 g/mol. The number of hydrazine groups is 1. The molecule has 0 spiro atoms. The molecule has 0 bridgehead atoms. The number of rotatable bonds is 12. The maximum Gasteiger partial charge on any atom is 0.435 e. The lowest BCUT2D eigenvalue weighted by Crippen LogP contribution is -2.42. The van der Waals surface area contributed by atoms with Crippen molar-refractivity contribution in [2.45, 2.75) is 38.3 Å². The number of aryl methyl sites for hydroxylation is 1. The van der Waals surface area contributed by atoms with Crippen LogP contribution in [0, 0.1) is 12.1 Å². The number of aromatic nitrogens is 2. The van der Waals surface area contributed by atoms with Crippen LogP contribution < -0.4 is 4.72 Å². The van der Waals surface area contributed by atoms with Crippen LogP contribution in [0.3, 0.4) is 0 Å². The molecule has 42 heavy (non-hydrogen) atoms. The van der Waals surface area contributed by atoms with E-state index >= 15 is 0 Å². The SMILES string of the molecule is CCC(=O)OCON=[N+]([O-])N(CC)CC(=O)NS(=O)(=O)c1ccc(-n2nc(C(F)(F)F)cc2-c2ccc(C)cc2)cc1. The lowest BCUT2D eigenvalue weighted by molar-refractivity contribution is -0.709. The molecule has 1 amide bonds. The maximum atomic E-state index is 13.5. The Kier molecular flexibility index (Phi) is 10.1. The molecule has 0 atom stereocenters. The molecule has 13 nitrogen and oxygen atoms in total. The number of halogens is 3. The van der Waals surface area contributed by atoms with Gasteiger partial charge in [0.1, 0.15) is 0 Å². The van der Waals surface area contributed by atoms with Crippen LogP contribution in [0.4, 0.5) is 13.2 Å². The molecule has 3 rings (SSSR count). The summed E-state index contributed by atoms with van der Waals surface area (Å²) in [5, 5.41) is 19.6. The number of ether oxygens (including phenoxy) is 1. The third kappa shape index (κ3) is 8.18. The minimum absolute atomic E-state index is 0.0691. The monoisotopic (exact) mass is 612 g/mol. The Morgan fingerprint density at radius 3 is 2.33 bits per heavy atom. The van der Waals surface area contributed by atoms with Crippen LogP contribution in [0.2, 0.25) is 0 Å². The number of carbonyl (C=O) groups excluding carboxylic acids is 2. The summed E-state index contributed by atoms with van der Waals surface area (Å²) in [5.41, 5.74) is 0.497. The Hall–Kier alpha value is -4.67. The summed E-state index contributed by atoms with van der Waals surface area (Å²) in [4.78, 5) is 27.5. The summed E-state index contributed by atoms with van der Waals surface area (Å²) in [5.74, 6) is -1.67. The molecule has 0 aliphatic carbocycles. The van der Waals surface area contributed by atoms with Crippen molar-refractivity contribution in [2.24, 2.45) is 5.28 Å². The third-order valence-corrected chi connectivity index (χ3v) is 7.00. The maximum absolute atomic E-state index is 13.5. The number of amides is 1. The number of sulfonamides is 1. The van der Waals surface area contributed by atoms with Crippen LogP contribution in [0.15, 0.2) is 64.8 Å². The first-order valence-corrected chi connectivity index (χ1v) is 13.8. The van der Waals surface area contributed by atoms with Crippen molar-refractivity contribution in [3.05, 3.63) is 71.1 Å². The molecule has 0 saturated carbocycles. The van der Waals surface area contributed by atoms with Crippen molar-refractivity contribution in [2.75, 3.05) is 19.9 Å². The largest absolute Gasteiger partial charge is 0.569 e. The summed E-state index contributed by atoms with van der Waals surface area (Å²) in [7, 11) is -4.43. The van der Waals surface area contributed by atoms with Gasteiger partial charge < -0.3 is 14.8 Å². The molecule has 17 heteroatoms. The molecular formula is C25H27F3N6O7S. The van der Waals surface area contributed by atoms with Crippen LogP contribution in [0.5, 0.6) is 0 Å². The standard InChI is InChI=1S/C25H27F3N6O7S/c1-4-24(36)40-16-41-31-34(37)32(5-2)15-23(35)30-42(38,39)20-12-10-19(11-13-20)33-21(14-22(29-33)25(26,27)28)18-8-6-17(3)7-9-18/h6-14H,4-5,15-16H2,1-3H3,(H,30,35). The number of nitrogens with one attached hydrogen (secondary N) is 1. The van der Waals surface area contributed by atoms with Crippen molar-refractivity contribution >= 4 is 21.9 Å². The number of hydrogen-bond acceptors (Lipinski definition) is 9. The number of alkyl halides is 3. The number of benzene rings is 2. The van der Waals surface area contributed by atoms with E-state index in [1.54, 1.807) is 31.2 Å². The lowest BCUT2D eigenvalue weighted by Gasteiger charge is -2.16. The smallest absolute Gasteiger partial charge is 0.435 e. The van der Waals surface area contributed by atoms with E-state index in [-0.39, 0.29) is 34.2 Å². The fraction of sp³-hybridized carbons (Fsp3) is 0.320. The van der Waals surface area contributed by atoms with Crippen molar-refractivity contribution in [3.63, 3.8) is 0 Å². The normalized spacial score (nSPS) is 12.1. The number of esters is 1. The van der Waals surface area contributed by atoms with Gasteiger partial charge in [0.25, 0.3) is 22.7 Å². The predicted octanol–water partition coefficient (Wildman–Crippen LogP) is 3.71. The first kappa shape index (κ1) is 31.9. The molecule has 1 aromatic heterocycles. The van der Waals surface area contributed by atoms with E-state index in [2.05, 4.69) is 20.0 Å². The van der Waals surface area contributed by atoms with Crippen molar-refractivity contribution in [1.82, 2.24) is 19.5 Å². The number of likely N-dealkylation sites (N-methyl/N-ethyl adjacent to an activating group) is 1. The second-order valence-corrected chi connectivity index (χ2v) is 10.3. The Morgan fingerprint density at radius 2 is 1.76 bits per heavy atom. The van der Waals surface area contributed by atoms with E-state index < -0.39 is 47.1 Å². The topological polar surface area (TPSA) is 158 Å². The van der Waals surface area contributed by atoms with Gasteiger partial charge in [-0.15, -0.1) is 5.01 Å². The summed E-state index contributed by atoms with van der Waals surface area (Å²) >= 11 is 0. The third-order valence-electron chi connectivity index (χ3n) is 5.61. The average Bonchev–Trinajstić information content (AvgIpc) is 3.40. The second kappa shape index (κ2) is 13.3. The molecule has 1 heterocycles. The lowest BCUT2D eigenvalue weighted by atomic mass is 10.1. The molecule has 0 saturated heterocycles. The minimum Gasteiger partial charge on any atom is -0.569 e. The van der Waals surface area contributed by atoms with Crippen molar-refractivity contribution in [3.8, 4) is 16.9 Å². The van der Waals surface area contributed by atoms with E-state index in [0.29, 0.717) is 5.56 Å². The van der Waals surface area contributed by atoms with Crippen LogP contribution in [0.25, 0.3) is 16.9 Å². The van der Waals surface area contributed by atoms with Gasteiger partial charge in [-0.25, -0.2) is 17.8 Å². The molecule has 226 valence electrons. The fourth-order valence-electron chi connectivity index (χ4n) is 3.43.